The molecule has 0 amide bonds. The molecular weight excluding hydrogens is 208 g/mol. The summed E-state index contributed by atoms with van der Waals surface area (Å²) in [5, 5.41) is 3.49. The van der Waals surface area contributed by atoms with E-state index in [2.05, 4.69) is 29.6 Å². The summed E-state index contributed by atoms with van der Waals surface area (Å²) in [4.78, 5) is 0. The van der Waals surface area contributed by atoms with E-state index in [0.717, 1.165) is 25.6 Å². The summed E-state index contributed by atoms with van der Waals surface area (Å²) in [5.41, 5.74) is 2.62. The monoisotopic (exact) mass is 222 g/mol. The Morgan fingerprint density at radius 1 is 1.27 bits per heavy atom. The molecule has 2 aliphatic heterocycles. The average molecular weight is 223 g/mol. The Labute approximate surface area is 95.3 Å². The van der Waals surface area contributed by atoms with Crippen LogP contribution in [0.15, 0.2) is 24.3 Å². The molecule has 0 aliphatic carbocycles. The van der Waals surface area contributed by atoms with E-state index >= 15 is 0 Å². The summed E-state index contributed by atoms with van der Waals surface area (Å²) in [6.45, 7) is 3.21. The Hall–Kier alpha value is -0.730. The third-order valence-corrected chi connectivity index (χ3v) is 3.98. The third-order valence-electron chi connectivity index (χ3n) is 3.63. The maximum Gasteiger partial charge on any atom is 0.0558 e. The van der Waals surface area contributed by atoms with Crippen LogP contribution in [0.25, 0.3) is 0 Å². The van der Waals surface area contributed by atoms with Crippen molar-refractivity contribution in [3.8, 4) is 0 Å². The second-order valence-electron chi connectivity index (χ2n) is 4.46. The predicted octanol–water partition coefficient (Wildman–Crippen LogP) is 2.35. The average Bonchev–Trinajstić information content (AvgIpc) is 2.69. The lowest BCUT2D eigenvalue weighted by Gasteiger charge is -2.18. The molecule has 0 aromatic heterocycles. The van der Waals surface area contributed by atoms with Gasteiger partial charge < -0.3 is 5.32 Å². The Kier molecular flexibility index (Phi) is 2.33. The van der Waals surface area contributed by atoms with Gasteiger partial charge in [-0.25, -0.2) is 0 Å². The summed E-state index contributed by atoms with van der Waals surface area (Å²) < 4.78 is 1.88. The number of para-hydroxylation sites is 1. The maximum absolute atomic E-state index is 6.28. The first-order valence-corrected chi connectivity index (χ1v) is 5.93. The Balaban J connectivity index is 2.07. The van der Waals surface area contributed by atoms with E-state index in [9.17, 15) is 0 Å². The van der Waals surface area contributed by atoms with Crippen LogP contribution in [0.5, 0.6) is 0 Å². The number of nitrogens with zero attached hydrogens (tertiary/aromatic N) is 1. The van der Waals surface area contributed by atoms with Crippen LogP contribution in [0.3, 0.4) is 0 Å². The minimum absolute atomic E-state index is 0.657. The van der Waals surface area contributed by atoms with Crippen molar-refractivity contribution in [3.05, 3.63) is 29.8 Å². The van der Waals surface area contributed by atoms with E-state index in [4.69, 9.17) is 11.8 Å². The number of anilines is 1. The maximum atomic E-state index is 6.28. The topological polar surface area (TPSA) is 15.3 Å². The zero-order valence-corrected chi connectivity index (χ0v) is 9.37. The molecule has 1 saturated heterocycles. The van der Waals surface area contributed by atoms with Gasteiger partial charge in [0.15, 0.2) is 0 Å². The first-order chi connectivity index (χ1) is 7.36. The van der Waals surface area contributed by atoms with Crippen LogP contribution in [0.4, 0.5) is 5.69 Å². The van der Waals surface area contributed by atoms with Gasteiger partial charge in [-0.2, -0.15) is 0 Å². The van der Waals surface area contributed by atoms with E-state index in [-0.39, 0.29) is 0 Å². The molecule has 1 N–H and O–H groups in total. The van der Waals surface area contributed by atoms with Gasteiger partial charge in [-0.15, -0.1) is 0 Å². The lowest BCUT2D eigenvalue weighted by molar-refractivity contribution is 0.500. The highest BCUT2D eigenvalue weighted by molar-refractivity contribution is 6.25. The fraction of sp³-hybridized carbons (Fsp3) is 0.500. The molecular formula is C12H15ClN2. The molecule has 2 nitrogen and oxygen atoms in total. The van der Waals surface area contributed by atoms with Crippen LogP contribution in [-0.4, -0.2) is 19.6 Å². The zero-order valence-electron chi connectivity index (χ0n) is 8.62. The molecule has 0 bridgehead atoms. The van der Waals surface area contributed by atoms with Crippen molar-refractivity contribution < 1.29 is 0 Å². The second-order valence-corrected chi connectivity index (χ2v) is 4.87. The normalized spacial score (nSPS) is 29.5. The molecule has 1 fully saturated rings. The van der Waals surface area contributed by atoms with Crippen molar-refractivity contribution in [3.63, 3.8) is 0 Å². The van der Waals surface area contributed by atoms with Gasteiger partial charge in [0.1, 0.15) is 0 Å². The van der Waals surface area contributed by atoms with E-state index in [0.29, 0.717) is 5.92 Å². The number of hydrogen-bond acceptors (Lipinski definition) is 2. The Morgan fingerprint density at radius 3 is 3.07 bits per heavy atom. The molecule has 1 aromatic rings. The second kappa shape index (κ2) is 3.69. The first-order valence-electron chi connectivity index (χ1n) is 5.59. The van der Waals surface area contributed by atoms with E-state index in [1.54, 1.807) is 0 Å². The fourth-order valence-electron chi connectivity index (χ4n) is 2.82. The molecule has 0 radical (unpaired) electrons. The highest BCUT2D eigenvalue weighted by Crippen LogP contribution is 2.39. The molecule has 2 aliphatic rings. The molecule has 2 atom stereocenters. The molecule has 2 unspecified atom stereocenters. The van der Waals surface area contributed by atoms with Gasteiger partial charge in [0, 0.05) is 30.8 Å². The van der Waals surface area contributed by atoms with Crippen LogP contribution < -0.4 is 9.74 Å². The summed E-state index contributed by atoms with van der Waals surface area (Å²) >= 11 is 6.28. The van der Waals surface area contributed by atoms with Crippen LogP contribution in [-0.2, 0) is 0 Å². The van der Waals surface area contributed by atoms with Gasteiger partial charge in [0.25, 0.3) is 0 Å². The van der Waals surface area contributed by atoms with E-state index in [1.165, 1.54) is 17.7 Å². The van der Waals surface area contributed by atoms with Crippen molar-refractivity contribution in [2.75, 3.05) is 24.1 Å². The molecule has 2 heterocycles. The van der Waals surface area contributed by atoms with Crippen molar-refractivity contribution in [2.45, 2.75) is 12.3 Å². The van der Waals surface area contributed by atoms with Gasteiger partial charge in [-0.1, -0.05) is 18.2 Å². The number of benzene rings is 1. The minimum atomic E-state index is 0.657. The molecule has 15 heavy (non-hydrogen) atoms. The van der Waals surface area contributed by atoms with Crippen molar-refractivity contribution in [2.24, 2.45) is 5.92 Å². The number of hydrogen-bond donors (Lipinski definition) is 1. The Morgan fingerprint density at radius 2 is 2.13 bits per heavy atom. The SMILES string of the molecule is ClN1CCC2CNCC2c2ccccc21. The lowest BCUT2D eigenvalue weighted by atomic mass is 9.87. The molecule has 3 heteroatoms. The largest absolute Gasteiger partial charge is 0.316 e. The van der Waals surface area contributed by atoms with E-state index in [1.807, 2.05) is 4.42 Å². The number of rotatable bonds is 0. The van der Waals surface area contributed by atoms with Gasteiger partial charge in [-0.3, -0.25) is 4.42 Å². The van der Waals surface area contributed by atoms with Gasteiger partial charge in [-0.05, 0) is 30.5 Å². The summed E-state index contributed by atoms with van der Waals surface area (Å²) in [5.74, 6) is 1.42. The van der Waals surface area contributed by atoms with Crippen LogP contribution in [0.1, 0.15) is 17.9 Å². The molecule has 3 rings (SSSR count). The van der Waals surface area contributed by atoms with Crippen molar-refractivity contribution in [1.82, 2.24) is 5.32 Å². The molecule has 80 valence electrons. The summed E-state index contributed by atoms with van der Waals surface area (Å²) in [7, 11) is 0. The van der Waals surface area contributed by atoms with Gasteiger partial charge in [0.05, 0.1) is 5.69 Å². The van der Waals surface area contributed by atoms with Gasteiger partial charge >= 0.3 is 0 Å². The summed E-state index contributed by atoms with van der Waals surface area (Å²) in [6, 6.07) is 8.53. The number of fused-ring (bicyclic) bond motifs is 3. The molecule has 0 saturated carbocycles. The third kappa shape index (κ3) is 1.52. The Bertz CT molecular complexity index is 366. The van der Waals surface area contributed by atoms with E-state index < -0.39 is 0 Å². The highest BCUT2D eigenvalue weighted by atomic mass is 35.5. The van der Waals surface area contributed by atoms with Gasteiger partial charge in [0.2, 0.25) is 0 Å². The fourth-order valence-corrected chi connectivity index (χ4v) is 3.07. The van der Waals surface area contributed by atoms with Crippen molar-refractivity contribution >= 4 is 17.5 Å². The standard InChI is InChI=1S/C12H15ClN2/c13-15-6-5-9-7-14-8-11(9)10-3-1-2-4-12(10)15/h1-4,9,11,14H,5-8H2. The molecule has 1 aromatic carbocycles. The minimum Gasteiger partial charge on any atom is -0.316 e. The van der Waals surface area contributed by atoms with Crippen LogP contribution >= 0.6 is 11.8 Å². The number of nitrogens with one attached hydrogen (secondary N) is 1. The highest BCUT2D eigenvalue weighted by Gasteiger charge is 2.33. The van der Waals surface area contributed by atoms with Crippen molar-refractivity contribution in [1.29, 1.82) is 0 Å². The lowest BCUT2D eigenvalue weighted by Crippen LogP contribution is -2.15. The first kappa shape index (κ1) is 9.49. The smallest absolute Gasteiger partial charge is 0.0558 e. The summed E-state index contributed by atoms with van der Waals surface area (Å²) in [6.07, 6.45) is 1.19. The quantitative estimate of drug-likeness (QED) is 0.678. The molecule has 0 spiro atoms. The van der Waals surface area contributed by atoms with Crippen LogP contribution in [0, 0.1) is 5.92 Å². The van der Waals surface area contributed by atoms with Crippen LogP contribution in [0.2, 0.25) is 0 Å². The predicted molar refractivity (Wildman–Crippen MR) is 63.4 cm³/mol. The zero-order chi connectivity index (χ0) is 10.3. The number of halogens is 1.